The molecule has 4 nitrogen and oxygen atoms in total. The lowest BCUT2D eigenvalue weighted by molar-refractivity contribution is -0.119. The Morgan fingerprint density at radius 3 is 2.62 bits per heavy atom. The first-order valence-corrected chi connectivity index (χ1v) is 4.80. The minimum absolute atomic E-state index is 0.138. The average molecular weight is 234 g/mol. The van der Waals surface area contributed by atoms with E-state index in [1.54, 1.807) is 13.0 Å². The van der Waals surface area contributed by atoms with Crippen molar-refractivity contribution in [3.63, 3.8) is 0 Å². The Labute approximate surface area is 91.3 Å². The van der Waals surface area contributed by atoms with Gasteiger partial charge in [-0.15, -0.1) is 5.10 Å². The quantitative estimate of drug-likeness (QED) is 0.853. The van der Waals surface area contributed by atoms with Crippen molar-refractivity contribution in [2.75, 3.05) is 18.0 Å². The SMILES string of the molecule is CCN(CC(F)(F)F)c1nnccc1CN. The van der Waals surface area contributed by atoms with Crippen molar-refractivity contribution in [1.29, 1.82) is 0 Å². The second-order valence-corrected chi connectivity index (χ2v) is 3.21. The molecule has 1 rings (SSSR count). The Morgan fingerprint density at radius 1 is 1.44 bits per heavy atom. The van der Waals surface area contributed by atoms with E-state index in [-0.39, 0.29) is 18.9 Å². The largest absolute Gasteiger partial charge is 0.405 e. The van der Waals surface area contributed by atoms with Crippen LogP contribution in [0.2, 0.25) is 0 Å². The summed E-state index contributed by atoms with van der Waals surface area (Å²) in [5.74, 6) is 0.199. The van der Waals surface area contributed by atoms with Crippen molar-refractivity contribution >= 4 is 5.82 Å². The highest BCUT2D eigenvalue weighted by Crippen LogP contribution is 2.22. The molecule has 0 amide bonds. The van der Waals surface area contributed by atoms with Crippen LogP contribution in [0.3, 0.4) is 0 Å². The molecule has 0 fully saturated rings. The molecule has 7 heteroatoms. The van der Waals surface area contributed by atoms with Gasteiger partial charge in [0.1, 0.15) is 6.54 Å². The van der Waals surface area contributed by atoms with Gasteiger partial charge in [-0.2, -0.15) is 18.3 Å². The molecule has 0 atom stereocenters. The topological polar surface area (TPSA) is 55.0 Å². The predicted octanol–water partition coefficient (Wildman–Crippen LogP) is 1.32. The summed E-state index contributed by atoms with van der Waals surface area (Å²) in [4.78, 5) is 1.11. The third-order valence-corrected chi connectivity index (χ3v) is 2.05. The number of hydrogen-bond donors (Lipinski definition) is 1. The van der Waals surface area contributed by atoms with Crippen LogP contribution in [-0.4, -0.2) is 29.5 Å². The minimum atomic E-state index is -4.26. The Bertz CT molecular complexity index is 340. The first-order chi connectivity index (χ1) is 7.48. The van der Waals surface area contributed by atoms with E-state index in [9.17, 15) is 13.2 Å². The number of alkyl halides is 3. The van der Waals surface area contributed by atoms with E-state index in [1.807, 2.05) is 0 Å². The van der Waals surface area contributed by atoms with Gasteiger partial charge in [0, 0.05) is 18.7 Å². The molecule has 0 aliphatic rings. The molecule has 0 aromatic carbocycles. The van der Waals surface area contributed by atoms with E-state index in [0.717, 1.165) is 4.90 Å². The molecule has 1 heterocycles. The highest BCUT2D eigenvalue weighted by molar-refractivity contribution is 5.45. The summed E-state index contributed by atoms with van der Waals surface area (Å²) >= 11 is 0. The summed E-state index contributed by atoms with van der Waals surface area (Å²) in [6.45, 7) is 0.917. The Hall–Kier alpha value is -1.37. The molecule has 0 radical (unpaired) electrons. The van der Waals surface area contributed by atoms with Crippen LogP contribution in [0.25, 0.3) is 0 Å². The third kappa shape index (κ3) is 3.34. The minimum Gasteiger partial charge on any atom is -0.346 e. The molecule has 0 saturated heterocycles. The zero-order valence-corrected chi connectivity index (χ0v) is 8.83. The number of halogens is 3. The molecular formula is C9H13F3N4. The number of aromatic nitrogens is 2. The van der Waals surface area contributed by atoms with Crippen LogP contribution in [0.4, 0.5) is 19.0 Å². The number of nitrogens with zero attached hydrogens (tertiary/aromatic N) is 3. The van der Waals surface area contributed by atoms with Crippen LogP contribution >= 0.6 is 0 Å². The summed E-state index contributed by atoms with van der Waals surface area (Å²) < 4.78 is 36.9. The Balaban J connectivity index is 2.94. The fraction of sp³-hybridized carbons (Fsp3) is 0.556. The standard InChI is InChI=1S/C9H13F3N4/c1-2-16(6-9(10,11)12)8-7(5-13)3-4-14-15-8/h3-4H,2,5-6,13H2,1H3. The second-order valence-electron chi connectivity index (χ2n) is 3.21. The molecule has 0 aliphatic carbocycles. The lowest BCUT2D eigenvalue weighted by Gasteiger charge is -2.24. The van der Waals surface area contributed by atoms with E-state index < -0.39 is 12.7 Å². The zero-order valence-electron chi connectivity index (χ0n) is 8.83. The molecule has 2 N–H and O–H groups in total. The van der Waals surface area contributed by atoms with Crippen LogP contribution in [0.15, 0.2) is 12.3 Å². The van der Waals surface area contributed by atoms with Gasteiger partial charge in [-0.1, -0.05) is 0 Å². The van der Waals surface area contributed by atoms with E-state index in [1.165, 1.54) is 6.20 Å². The molecule has 90 valence electrons. The van der Waals surface area contributed by atoms with E-state index in [4.69, 9.17) is 5.73 Å². The molecule has 1 aromatic rings. The number of nitrogens with two attached hydrogens (primary N) is 1. The molecule has 0 spiro atoms. The van der Waals surface area contributed by atoms with Gasteiger partial charge in [-0.05, 0) is 13.0 Å². The fourth-order valence-corrected chi connectivity index (χ4v) is 1.33. The highest BCUT2D eigenvalue weighted by atomic mass is 19.4. The van der Waals surface area contributed by atoms with Crippen LogP contribution in [0, 0.1) is 0 Å². The number of anilines is 1. The lowest BCUT2D eigenvalue weighted by Crippen LogP contribution is -2.35. The third-order valence-electron chi connectivity index (χ3n) is 2.05. The van der Waals surface area contributed by atoms with Gasteiger partial charge < -0.3 is 10.6 Å². The van der Waals surface area contributed by atoms with Gasteiger partial charge in [0.2, 0.25) is 0 Å². The van der Waals surface area contributed by atoms with Crippen molar-refractivity contribution in [2.24, 2.45) is 5.73 Å². The fourth-order valence-electron chi connectivity index (χ4n) is 1.33. The molecule has 1 aromatic heterocycles. The van der Waals surface area contributed by atoms with Gasteiger partial charge >= 0.3 is 6.18 Å². The second kappa shape index (κ2) is 5.11. The summed E-state index contributed by atoms with van der Waals surface area (Å²) in [6, 6.07) is 1.57. The van der Waals surface area contributed by atoms with E-state index >= 15 is 0 Å². The van der Waals surface area contributed by atoms with Crippen molar-refractivity contribution in [2.45, 2.75) is 19.6 Å². The van der Waals surface area contributed by atoms with E-state index in [0.29, 0.717) is 5.56 Å². The molecule has 0 saturated carbocycles. The zero-order chi connectivity index (χ0) is 12.2. The predicted molar refractivity (Wildman–Crippen MR) is 53.9 cm³/mol. The summed E-state index contributed by atoms with van der Waals surface area (Å²) in [6.07, 6.45) is -2.85. The number of rotatable bonds is 4. The Kier molecular flexibility index (Phi) is 4.05. The molecule has 0 unspecified atom stereocenters. The molecule has 16 heavy (non-hydrogen) atoms. The smallest absolute Gasteiger partial charge is 0.346 e. The van der Waals surface area contributed by atoms with Crippen molar-refractivity contribution < 1.29 is 13.2 Å². The maximum Gasteiger partial charge on any atom is 0.405 e. The lowest BCUT2D eigenvalue weighted by atomic mass is 10.2. The first kappa shape index (κ1) is 12.7. The highest BCUT2D eigenvalue weighted by Gasteiger charge is 2.31. The monoisotopic (exact) mass is 234 g/mol. The van der Waals surface area contributed by atoms with Crippen molar-refractivity contribution in [3.8, 4) is 0 Å². The first-order valence-electron chi connectivity index (χ1n) is 4.80. The van der Waals surface area contributed by atoms with Crippen LogP contribution in [-0.2, 0) is 6.54 Å². The van der Waals surface area contributed by atoms with Gasteiger partial charge in [0.15, 0.2) is 5.82 Å². The summed E-state index contributed by atoms with van der Waals surface area (Å²) in [5.41, 5.74) is 5.99. The summed E-state index contributed by atoms with van der Waals surface area (Å²) in [5, 5.41) is 7.28. The molecule has 0 bridgehead atoms. The average Bonchev–Trinajstić information content (AvgIpc) is 2.24. The van der Waals surface area contributed by atoms with Crippen LogP contribution in [0.5, 0.6) is 0 Å². The normalized spacial score (nSPS) is 11.6. The number of hydrogen-bond acceptors (Lipinski definition) is 4. The van der Waals surface area contributed by atoms with Crippen molar-refractivity contribution in [3.05, 3.63) is 17.8 Å². The van der Waals surface area contributed by atoms with Gasteiger partial charge in [0.25, 0.3) is 0 Å². The Morgan fingerprint density at radius 2 is 2.12 bits per heavy atom. The molecular weight excluding hydrogens is 221 g/mol. The maximum absolute atomic E-state index is 12.3. The van der Waals surface area contributed by atoms with Gasteiger partial charge in [-0.25, -0.2) is 0 Å². The van der Waals surface area contributed by atoms with Gasteiger partial charge in [-0.3, -0.25) is 0 Å². The molecule has 0 aliphatic heterocycles. The van der Waals surface area contributed by atoms with Crippen LogP contribution < -0.4 is 10.6 Å². The van der Waals surface area contributed by atoms with Crippen molar-refractivity contribution in [1.82, 2.24) is 10.2 Å². The van der Waals surface area contributed by atoms with E-state index in [2.05, 4.69) is 10.2 Å². The van der Waals surface area contributed by atoms with Crippen LogP contribution in [0.1, 0.15) is 12.5 Å². The maximum atomic E-state index is 12.3. The van der Waals surface area contributed by atoms with Gasteiger partial charge in [0.05, 0.1) is 6.20 Å². The summed E-state index contributed by atoms with van der Waals surface area (Å²) in [7, 11) is 0.